The van der Waals surface area contributed by atoms with Crippen molar-refractivity contribution in [3.63, 3.8) is 0 Å². The molecule has 1 aliphatic rings. The number of carbonyl (C=O) groups is 2. The molecular formula is C25H31NO6. The summed E-state index contributed by atoms with van der Waals surface area (Å²) in [7, 11) is 0. The Morgan fingerprint density at radius 1 is 1.19 bits per heavy atom. The van der Waals surface area contributed by atoms with Crippen LogP contribution in [0.2, 0.25) is 0 Å². The maximum atomic E-state index is 13.2. The average Bonchev–Trinajstić information content (AvgIpc) is 2.76. The molecule has 0 spiro atoms. The third-order valence-corrected chi connectivity index (χ3v) is 5.59. The molecule has 0 aliphatic carbocycles. The number of aliphatic hydroxyl groups is 1. The van der Waals surface area contributed by atoms with Crippen LogP contribution in [0.4, 0.5) is 5.69 Å². The van der Waals surface area contributed by atoms with E-state index in [9.17, 15) is 14.7 Å². The normalized spacial score (nSPS) is 20.7. The summed E-state index contributed by atoms with van der Waals surface area (Å²) in [6.45, 7) is 4.37. The van der Waals surface area contributed by atoms with Crippen LogP contribution in [0.5, 0.6) is 11.5 Å². The molecule has 1 heterocycles. The van der Waals surface area contributed by atoms with Gasteiger partial charge in [0.05, 0.1) is 6.61 Å². The van der Waals surface area contributed by atoms with Crippen LogP contribution in [-0.2, 0) is 20.7 Å². The Morgan fingerprint density at radius 2 is 1.94 bits per heavy atom. The quantitative estimate of drug-likeness (QED) is 0.432. The molecule has 172 valence electrons. The van der Waals surface area contributed by atoms with E-state index >= 15 is 0 Å². The van der Waals surface area contributed by atoms with E-state index in [-0.39, 0.29) is 31.2 Å². The number of nitrogens with zero attached hydrogens (tertiary/aromatic N) is 1. The van der Waals surface area contributed by atoms with Crippen molar-refractivity contribution >= 4 is 17.4 Å². The SMILES string of the molecule is CCCN(c1cccc(OCCO)c1)C1C(=O)CC(C)(CCc2ccc(O)cc2)OC1=O. The molecule has 0 radical (unpaired) electrons. The Kier molecular flexibility index (Phi) is 7.75. The van der Waals surface area contributed by atoms with Gasteiger partial charge in [-0.05, 0) is 56.0 Å². The highest BCUT2D eigenvalue weighted by molar-refractivity contribution is 6.08. The number of aromatic hydroxyl groups is 1. The summed E-state index contributed by atoms with van der Waals surface area (Å²) in [6.07, 6.45) is 2.03. The van der Waals surface area contributed by atoms with Crippen molar-refractivity contribution < 1.29 is 29.3 Å². The average molecular weight is 442 g/mol. The van der Waals surface area contributed by atoms with Gasteiger partial charge >= 0.3 is 5.97 Å². The molecule has 32 heavy (non-hydrogen) atoms. The predicted molar refractivity (Wildman–Crippen MR) is 121 cm³/mol. The van der Waals surface area contributed by atoms with Crippen LogP contribution in [0.3, 0.4) is 0 Å². The second kappa shape index (κ2) is 10.5. The Labute approximate surface area is 188 Å². The summed E-state index contributed by atoms with van der Waals surface area (Å²) >= 11 is 0. The van der Waals surface area contributed by atoms with Gasteiger partial charge in [-0.25, -0.2) is 4.79 Å². The third kappa shape index (κ3) is 5.79. The highest BCUT2D eigenvalue weighted by Crippen LogP contribution is 2.33. The summed E-state index contributed by atoms with van der Waals surface area (Å²) in [5, 5.41) is 18.4. The molecule has 0 saturated carbocycles. The lowest BCUT2D eigenvalue weighted by atomic mass is 9.86. The maximum Gasteiger partial charge on any atom is 0.337 e. The fraction of sp³-hybridized carbons (Fsp3) is 0.440. The van der Waals surface area contributed by atoms with Gasteiger partial charge in [0.25, 0.3) is 0 Å². The number of anilines is 1. The predicted octanol–water partition coefficient (Wildman–Crippen LogP) is 3.26. The number of aliphatic hydroxyl groups excluding tert-OH is 1. The molecule has 3 rings (SSSR count). The third-order valence-electron chi connectivity index (χ3n) is 5.59. The lowest BCUT2D eigenvalue weighted by Gasteiger charge is -2.40. The Bertz CT molecular complexity index is 908. The molecule has 2 N–H and O–H groups in total. The molecular weight excluding hydrogens is 410 g/mol. The number of benzene rings is 2. The summed E-state index contributed by atoms with van der Waals surface area (Å²) in [5.74, 6) is 0.0612. The summed E-state index contributed by atoms with van der Waals surface area (Å²) in [5.41, 5.74) is 0.833. The number of esters is 1. The van der Waals surface area contributed by atoms with E-state index in [0.29, 0.717) is 30.8 Å². The number of carbonyl (C=O) groups excluding carboxylic acids is 2. The van der Waals surface area contributed by atoms with Gasteiger partial charge in [-0.15, -0.1) is 0 Å². The summed E-state index contributed by atoms with van der Waals surface area (Å²) in [4.78, 5) is 28.0. The highest BCUT2D eigenvalue weighted by Gasteiger charge is 2.46. The van der Waals surface area contributed by atoms with Crippen LogP contribution in [0.1, 0.15) is 38.7 Å². The first-order valence-corrected chi connectivity index (χ1v) is 11.0. The van der Waals surface area contributed by atoms with Gasteiger partial charge in [-0.1, -0.05) is 25.1 Å². The number of phenolic OH excluding ortho intramolecular Hbond substituents is 1. The van der Waals surface area contributed by atoms with Gasteiger partial charge in [0.2, 0.25) is 0 Å². The van der Waals surface area contributed by atoms with Crippen LogP contribution < -0.4 is 9.64 Å². The smallest absolute Gasteiger partial charge is 0.337 e. The van der Waals surface area contributed by atoms with Gasteiger partial charge in [0.1, 0.15) is 23.7 Å². The van der Waals surface area contributed by atoms with Crippen molar-refractivity contribution in [3.05, 3.63) is 54.1 Å². The topological polar surface area (TPSA) is 96.3 Å². The standard InChI is InChI=1S/C25H31NO6/c1-3-13-26(19-5-4-6-21(16-19)31-15-14-27)23-22(29)17-25(2,32-24(23)30)12-11-18-7-9-20(28)10-8-18/h4-10,16,23,27-28H,3,11-15,17H2,1-2H3. The van der Waals surface area contributed by atoms with Gasteiger partial charge in [-0.2, -0.15) is 0 Å². The van der Waals surface area contributed by atoms with Crippen LogP contribution in [-0.4, -0.2) is 53.4 Å². The number of cyclic esters (lactones) is 1. The largest absolute Gasteiger partial charge is 0.508 e. The second-order valence-corrected chi connectivity index (χ2v) is 8.35. The zero-order valence-electron chi connectivity index (χ0n) is 18.6. The van der Waals surface area contributed by atoms with Crippen LogP contribution >= 0.6 is 0 Å². The lowest BCUT2D eigenvalue weighted by molar-refractivity contribution is -0.171. The zero-order valence-corrected chi connectivity index (χ0v) is 18.6. The zero-order chi connectivity index (χ0) is 23.1. The van der Waals surface area contributed by atoms with Crippen LogP contribution in [0.25, 0.3) is 0 Å². The van der Waals surface area contributed by atoms with Gasteiger partial charge in [0.15, 0.2) is 11.8 Å². The van der Waals surface area contributed by atoms with Crippen molar-refractivity contribution in [2.75, 3.05) is 24.7 Å². The molecule has 2 unspecified atom stereocenters. The fourth-order valence-electron chi connectivity index (χ4n) is 4.01. The monoisotopic (exact) mass is 441 g/mol. The highest BCUT2D eigenvalue weighted by atomic mass is 16.6. The number of ether oxygens (including phenoxy) is 2. The lowest BCUT2D eigenvalue weighted by Crippen LogP contribution is -2.56. The first-order valence-electron chi connectivity index (χ1n) is 11.0. The van der Waals surface area contributed by atoms with Crippen molar-refractivity contribution in [1.29, 1.82) is 0 Å². The molecule has 7 heteroatoms. The Morgan fingerprint density at radius 3 is 2.59 bits per heavy atom. The van der Waals surface area contributed by atoms with Crippen LogP contribution in [0, 0.1) is 0 Å². The number of hydrogen-bond acceptors (Lipinski definition) is 7. The number of phenols is 1. The Balaban J connectivity index is 1.74. The van der Waals surface area contributed by atoms with Crippen molar-refractivity contribution in [3.8, 4) is 11.5 Å². The van der Waals surface area contributed by atoms with E-state index in [0.717, 1.165) is 12.0 Å². The van der Waals surface area contributed by atoms with Crippen molar-refractivity contribution in [2.45, 2.75) is 51.2 Å². The van der Waals surface area contributed by atoms with E-state index in [1.165, 1.54) is 0 Å². The first kappa shape index (κ1) is 23.6. The number of hydrogen-bond donors (Lipinski definition) is 2. The molecule has 0 aromatic heterocycles. The maximum absolute atomic E-state index is 13.2. The minimum Gasteiger partial charge on any atom is -0.508 e. The fourth-order valence-corrected chi connectivity index (χ4v) is 4.01. The first-order chi connectivity index (χ1) is 15.3. The van der Waals surface area contributed by atoms with Crippen LogP contribution in [0.15, 0.2) is 48.5 Å². The van der Waals surface area contributed by atoms with Crippen molar-refractivity contribution in [2.24, 2.45) is 0 Å². The molecule has 2 aromatic rings. The van der Waals surface area contributed by atoms with Gasteiger partial charge in [0, 0.05) is 24.7 Å². The molecule has 1 saturated heterocycles. The summed E-state index contributed by atoms with van der Waals surface area (Å²) < 4.78 is 11.3. The number of rotatable bonds is 10. The minimum absolute atomic E-state index is 0.0981. The van der Waals surface area contributed by atoms with E-state index in [2.05, 4.69) is 0 Å². The second-order valence-electron chi connectivity index (χ2n) is 8.35. The number of aryl methyl sites for hydroxylation is 1. The molecule has 0 amide bonds. The number of Topliss-reactive ketones (excluding diaryl/α,β-unsaturated/α-hetero) is 1. The van der Waals surface area contributed by atoms with E-state index in [1.807, 2.05) is 25.1 Å². The number of ketones is 1. The van der Waals surface area contributed by atoms with Gasteiger partial charge in [-0.3, -0.25) is 4.79 Å². The molecule has 1 fully saturated rings. The molecule has 7 nitrogen and oxygen atoms in total. The minimum atomic E-state index is -0.996. The van der Waals surface area contributed by atoms with E-state index in [1.54, 1.807) is 42.2 Å². The molecule has 0 bridgehead atoms. The Hall–Kier alpha value is -3.06. The summed E-state index contributed by atoms with van der Waals surface area (Å²) in [6, 6.07) is 13.1. The molecule has 1 aliphatic heterocycles. The molecule has 2 aromatic carbocycles. The van der Waals surface area contributed by atoms with Gasteiger partial charge < -0.3 is 24.6 Å². The van der Waals surface area contributed by atoms with E-state index in [4.69, 9.17) is 14.6 Å². The molecule has 2 atom stereocenters. The van der Waals surface area contributed by atoms with E-state index < -0.39 is 17.6 Å². The van der Waals surface area contributed by atoms with Crippen molar-refractivity contribution in [1.82, 2.24) is 0 Å².